The van der Waals surface area contributed by atoms with Gasteiger partial charge in [0.2, 0.25) is 5.91 Å². The van der Waals surface area contributed by atoms with E-state index in [1.54, 1.807) is 31.1 Å². The predicted molar refractivity (Wildman–Crippen MR) is 77.4 cm³/mol. The van der Waals surface area contributed by atoms with Gasteiger partial charge in [-0.3, -0.25) is 4.79 Å². The Bertz CT molecular complexity index is 463. The van der Waals surface area contributed by atoms with E-state index in [0.29, 0.717) is 16.8 Å². The minimum absolute atomic E-state index is 0.0183. The van der Waals surface area contributed by atoms with Gasteiger partial charge in [0, 0.05) is 20.6 Å². The number of benzene rings is 1. The van der Waals surface area contributed by atoms with Crippen LogP contribution in [-0.2, 0) is 11.3 Å². The maximum Gasteiger partial charge on any atom is 0.238 e. The van der Waals surface area contributed by atoms with E-state index in [9.17, 15) is 9.90 Å². The Kier molecular flexibility index (Phi) is 5.62. The fraction of sp³-hybridized carbons (Fsp3) is 0.462. The molecule has 0 radical (unpaired) electrons. The molecule has 0 saturated carbocycles. The van der Waals surface area contributed by atoms with Crippen LogP contribution in [0, 0.1) is 0 Å². The van der Waals surface area contributed by atoms with Crippen LogP contribution in [0.2, 0.25) is 0 Å². The van der Waals surface area contributed by atoms with Crippen molar-refractivity contribution in [2.75, 3.05) is 21.2 Å². The van der Waals surface area contributed by atoms with Gasteiger partial charge in [-0.05, 0) is 40.5 Å². The Balaban J connectivity index is 2.73. The van der Waals surface area contributed by atoms with Crippen LogP contribution in [0.1, 0.15) is 12.5 Å². The van der Waals surface area contributed by atoms with Crippen LogP contribution < -0.4 is 10.1 Å². The average Bonchev–Trinajstić information content (AvgIpc) is 2.38. The zero-order chi connectivity index (χ0) is 14.6. The molecular weight excluding hydrogens is 312 g/mol. The molecule has 0 saturated heterocycles. The number of amides is 1. The first-order valence-corrected chi connectivity index (χ1v) is 6.66. The molecule has 0 heterocycles. The second-order valence-electron chi connectivity index (χ2n) is 4.46. The van der Waals surface area contributed by atoms with Crippen LogP contribution in [0.4, 0.5) is 0 Å². The summed E-state index contributed by atoms with van der Waals surface area (Å²) in [6.45, 7) is 2.32. The Morgan fingerprint density at radius 3 is 2.68 bits per heavy atom. The zero-order valence-electron chi connectivity index (χ0n) is 11.5. The highest BCUT2D eigenvalue weighted by Gasteiger charge is 2.15. The van der Waals surface area contributed by atoms with Crippen LogP contribution in [0.15, 0.2) is 16.6 Å². The number of nitrogens with one attached hydrogen (secondary N) is 1. The number of halogens is 1. The number of hydrogen-bond acceptors (Lipinski definition) is 4. The third-order valence-corrected chi connectivity index (χ3v) is 3.34. The Hall–Kier alpha value is -1.27. The summed E-state index contributed by atoms with van der Waals surface area (Å²) < 4.78 is 5.64. The molecule has 2 N–H and O–H groups in total. The molecule has 1 amide bonds. The lowest BCUT2D eigenvalue weighted by Gasteiger charge is -2.18. The van der Waals surface area contributed by atoms with Gasteiger partial charge in [-0.25, -0.2) is 0 Å². The number of carbonyl (C=O) groups excluding carboxylic acids is 1. The van der Waals surface area contributed by atoms with E-state index >= 15 is 0 Å². The number of phenols is 1. The van der Waals surface area contributed by atoms with Gasteiger partial charge in [0.25, 0.3) is 0 Å². The highest BCUT2D eigenvalue weighted by Crippen LogP contribution is 2.35. The van der Waals surface area contributed by atoms with Gasteiger partial charge in [-0.2, -0.15) is 0 Å². The number of phenolic OH excluding ortho intramolecular Hbond substituents is 1. The second kappa shape index (κ2) is 6.77. The fourth-order valence-corrected chi connectivity index (χ4v) is 2.12. The molecule has 106 valence electrons. The molecule has 6 heteroatoms. The molecule has 19 heavy (non-hydrogen) atoms. The number of likely N-dealkylation sites (N-methyl/N-ethyl adjacent to an activating group) is 1. The van der Waals surface area contributed by atoms with Crippen molar-refractivity contribution in [3.63, 3.8) is 0 Å². The van der Waals surface area contributed by atoms with Crippen molar-refractivity contribution in [2.45, 2.75) is 19.5 Å². The lowest BCUT2D eigenvalue weighted by molar-refractivity contribution is -0.130. The van der Waals surface area contributed by atoms with Crippen molar-refractivity contribution in [1.82, 2.24) is 10.2 Å². The average molecular weight is 331 g/mol. The summed E-state index contributed by atoms with van der Waals surface area (Å²) in [5, 5.41) is 12.8. The smallest absolute Gasteiger partial charge is 0.238 e. The number of carbonyl (C=O) groups is 1. The minimum atomic E-state index is -0.270. The number of methoxy groups -OCH3 is 1. The molecule has 0 fully saturated rings. The van der Waals surface area contributed by atoms with Gasteiger partial charge < -0.3 is 20.1 Å². The van der Waals surface area contributed by atoms with Crippen molar-refractivity contribution in [1.29, 1.82) is 0 Å². The van der Waals surface area contributed by atoms with Crippen molar-refractivity contribution in [2.24, 2.45) is 0 Å². The molecule has 0 bridgehead atoms. The summed E-state index contributed by atoms with van der Waals surface area (Å²) in [6.07, 6.45) is 0. The first-order chi connectivity index (χ1) is 8.86. The zero-order valence-corrected chi connectivity index (χ0v) is 13.1. The van der Waals surface area contributed by atoms with E-state index in [1.807, 2.05) is 6.92 Å². The normalized spacial score (nSPS) is 12.1. The van der Waals surface area contributed by atoms with Crippen molar-refractivity contribution < 1.29 is 14.6 Å². The number of aromatic hydroxyl groups is 1. The molecule has 1 unspecified atom stereocenters. The molecule has 5 nitrogen and oxygen atoms in total. The maximum atomic E-state index is 11.7. The Labute approximate surface area is 121 Å². The van der Waals surface area contributed by atoms with Crippen LogP contribution in [0.25, 0.3) is 0 Å². The molecule has 0 aliphatic heterocycles. The molecule has 0 aliphatic rings. The van der Waals surface area contributed by atoms with Gasteiger partial charge in [-0.1, -0.05) is 0 Å². The van der Waals surface area contributed by atoms with Crippen molar-refractivity contribution in [3.8, 4) is 11.5 Å². The molecule has 0 spiro atoms. The molecule has 1 rings (SSSR count). The first kappa shape index (κ1) is 15.8. The summed E-state index contributed by atoms with van der Waals surface area (Å²) in [7, 11) is 4.94. The number of hydrogen-bond donors (Lipinski definition) is 2. The monoisotopic (exact) mass is 330 g/mol. The van der Waals surface area contributed by atoms with Gasteiger partial charge in [0.15, 0.2) is 11.5 Å². The second-order valence-corrected chi connectivity index (χ2v) is 5.32. The number of ether oxygens (including phenoxy) is 1. The molecule has 1 aromatic carbocycles. The molecule has 0 aliphatic carbocycles. The quantitative estimate of drug-likeness (QED) is 0.863. The van der Waals surface area contributed by atoms with Crippen LogP contribution in [-0.4, -0.2) is 43.2 Å². The van der Waals surface area contributed by atoms with Crippen LogP contribution in [0.3, 0.4) is 0 Å². The van der Waals surface area contributed by atoms with Gasteiger partial charge in [-0.15, -0.1) is 0 Å². The Morgan fingerprint density at radius 2 is 2.16 bits per heavy atom. The van der Waals surface area contributed by atoms with Crippen molar-refractivity contribution in [3.05, 3.63) is 22.2 Å². The van der Waals surface area contributed by atoms with E-state index in [-0.39, 0.29) is 17.7 Å². The van der Waals surface area contributed by atoms with Gasteiger partial charge >= 0.3 is 0 Å². The third kappa shape index (κ3) is 4.11. The van der Waals surface area contributed by atoms with Gasteiger partial charge in [0.05, 0.1) is 17.6 Å². The molecule has 1 aromatic rings. The Morgan fingerprint density at radius 1 is 1.53 bits per heavy atom. The third-order valence-electron chi connectivity index (χ3n) is 2.73. The highest BCUT2D eigenvalue weighted by molar-refractivity contribution is 9.10. The SMILES string of the molecule is COc1cc(CNC(C)C(=O)N(C)C)cc(Br)c1O. The van der Waals surface area contributed by atoms with E-state index in [0.717, 1.165) is 5.56 Å². The topological polar surface area (TPSA) is 61.8 Å². The number of rotatable bonds is 5. The number of nitrogens with zero attached hydrogens (tertiary/aromatic N) is 1. The summed E-state index contributed by atoms with van der Waals surface area (Å²) in [4.78, 5) is 13.2. The van der Waals surface area contributed by atoms with Crippen LogP contribution in [0.5, 0.6) is 11.5 Å². The standard InChI is InChI=1S/C13H19BrN2O3/c1-8(13(18)16(2)3)15-7-9-5-10(14)12(17)11(6-9)19-4/h5-6,8,15,17H,7H2,1-4H3. The van der Waals surface area contributed by atoms with Crippen LogP contribution >= 0.6 is 15.9 Å². The van der Waals surface area contributed by atoms with Gasteiger partial charge in [0.1, 0.15) is 0 Å². The lowest BCUT2D eigenvalue weighted by atomic mass is 10.2. The van der Waals surface area contributed by atoms with E-state index in [2.05, 4.69) is 21.2 Å². The summed E-state index contributed by atoms with van der Waals surface area (Å²) in [5.74, 6) is 0.492. The fourth-order valence-electron chi connectivity index (χ4n) is 1.63. The molecule has 0 aromatic heterocycles. The van der Waals surface area contributed by atoms with E-state index in [4.69, 9.17) is 4.74 Å². The summed E-state index contributed by atoms with van der Waals surface area (Å²) in [5.41, 5.74) is 0.917. The van der Waals surface area contributed by atoms with E-state index in [1.165, 1.54) is 7.11 Å². The first-order valence-electron chi connectivity index (χ1n) is 5.86. The molecule has 1 atom stereocenters. The highest BCUT2D eigenvalue weighted by atomic mass is 79.9. The predicted octanol–water partition coefficient (Wildman–Crippen LogP) is 1.73. The van der Waals surface area contributed by atoms with Crippen molar-refractivity contribution >= 4 is 21.8 Å². The minimum Gasteiger partial charge on any atom is -0.503 e. The van der Waals surface area contributed by atoms with E-state index < -0.39 is 0 Å². The largest absolute Gasteiger partial charge is 0.503 e. The summed E-state index contributed by atoms with van der Waals surface area (Å²) in [6, 6.07) is 3.26. The molecular formula is C13H19BrN2O3. The lowest BCUT2D eigenvalue weighted by Crippen LogP contribution is -2.41. The summed E-state index contributed by atoms with van der Waals surface area (Å²) >= 11 is 3.26. The maximum absolute atomic E-state index is 11.7.